The maximum absolute atomic E-state index is 2.54. The average molecular weight is 506 g/mol. The zero-order valence-corrected chi connectivity index (χ0v) is 24.6. The predicted molar refractivity (Wildman–Crippen MR) is 151 cm³/mol. The van der Waals surface area contributed by atoms with E-state index < -0.39 is 0 Å². The Morgan fingerprint density at radius 3 is 1.86 bits per heavy atom. The molecule has 1 N–H and O–H groups in total. The van der Waals surface area contributed by atoms with E-state index in [1.807, 2.05) is 0 Å². The van der Waals surface area contributed by atoms with Crippen LogP contribution in [0.2, 0.25) is 0 Å². The largest absolute Gasteiger partial charge is 1.00 e. The minimum absolute atomic E-state index is 0. The topological polar surface area (TPSA) is 10.9 Å². The molecule has 2 aliphatic heterocycles. The quantitative estimate of drug-likeness (QED) is 0.636. The highest BCUT2D eigenvalue weighted by molar-refractivity contribution is 5.76. The van der Waals surface area contributed by atoms with Gasteiger partial charge in [0.2, 0.25) is 0 Å². The molecule has 36 heavy (non-hydrogen) atoms. The van der Waals surface area contributed by atoms with Gasteiger partial charge in [-0.1, -0.05) is 59.8 Å². The molecule has 2 heterocycles. The monoisotopic (exact) mass is 505 g/mol. The van der Waals surface area contributed by atoms with Crippen LogP contribution in [0.1, 0.15) is 92.7 Å². The number of anilines is 1. The Labute approximate surface area is 225 Å². The molecular weight excluding hydrogens is 462 g/mol. The Kier molecular flexibility index (Phi) is 8.48. The zero-order chi connectivity index (χ0) is 25.6. The Morgan fingerprint density at radius 1 is 0.833 bits per heavy atom. The normalized spacial score (nSPS) is 16.9. The van der Waals surface area contributed by atoms with E-state index >= 15 is 0 Å². The summed E-state index contributed by atoms with van der Waals surface area (Å²) in [5.74, 6) is 1.46. The summed E-state index contributed by atoms with van der Waals surface area (Å²) in [6.07, 6.45) is 9.24. The van der Waals surface area contributed by atoms with Crippen LogP contribution >= 0.6 is 0 Å². The predicted octanol–water partition coefficient (Wildman–Crippen LogP) is 3.99. The van der Waals surface area contributed by atoms with E-state index in [4.69, 9.17) is 0 Å². The van der Waals surface area contributed by atoms with Gasteiger partial charge in [0.25, 0.3) is 0 Å². The molecule has 194 valence electrons. The summed E-state index contributed by atoms with van der Waals surface area (Å²) >= 11 is 0. The van der Waals surface area contributed by atoms with Crippen molar-refractivity contribution in [3.05, 3.63) is 87.8 Å². The first-order valence-electron chi connectivity index (χ1n) is 13.2. The summed E-state index contributed by atoms with van der Waals surface area (Å²) < 4.78 is 0. The van der Waals surface area contributed by atoms with Crippen LogP contribution in [0.4, 0.5) is 11.4 Å². The Hall–Kier alpha value is -2.49. The van der Waals surface area contributed by atoms with Crippen molar-refractivity contribution in [2.45, 2.75) is 73.1 Å². The maximum Gasteiger partial charge on any atom is 0.166 e. The number of quaternary nitrogens is 1. The number of fused-ring (bicyclic) bond motifs is 1. The minimum atomic E-state index is 0. The molecule has 4 heteroatoms. The van der Waals surface area contributed by atoms with E-state index in [1.54, 1.807) is 0 Å². The lowest BCUT2D eigenvalue weighted by Crippen LogP contribution is -3.02. The second-order valence-corrected chi connectivity index (χ2v) is 11.5. The third kappa shape index (κ3) is 5.14. The third-order valence-electron chi connectivity index (χ3n) is 7.52. The highest BCUT2D eigenvalue weighted by Crippen LogP contribution is 2.40. The van der Waals surface area contributed by atoms with E-state index in [0.29, 0.717) is 17.8 Å². The van der Waals surface area contributed by atoms with Crippen molar-refractivity contribution >= 4 is 17.1 Å². The van der Waals surface area contributed by atoms with Gasteiger partial charge in [0.1, 0.15) is 17.6 Å². The lowest BCUT2D eigenvalue weighted by atomic mass is 9.82. The minimum Gasteiger partial charge on any atom is -1.00 e. The van der Waals surface area contributed by atoms with Gasteiger partial charge in [0.15, 0.2) is 6.67 Å². The van der Waals surface area contributed by atoms with Crippen molar-refractivity contribution in [1.29, 1.82) is 0 Å². The molecule has 2 aromatic rings. The molecule has 3 nitrogen and oxygen atoms in total. The summed E-state index contributed by atoms with van der Waals surface area (Å²) in [5.41, 5.74) is 13.8. The number of hydrogen-bond donors (Lipinski definition) is 1. The molecule has 0 fully saturated rings. The zero-order valence-electron chi connectivity index (χ0n) is 23.8. The molecule has 0 aliphatic carbocycles. The van der Waals surface area contributed by atoms with E-state index in [9.17, 15) is 0 Å². The van der Waals surface area contributed by atoms with Crippen molar-refractivity contribution in [2.24, 2.45) is 0 Å². The van der Waals surface area contributed by atoms with Crippen molar-refractivity contribution < 1.29 is 17.3 Å². The van der Waals surface area contributed by atoms with Gasteiger partial charge in [0.05, 0.1) is 5.70 Å². The molecule has 1 atom stereocenters. The molecule has 0 amide bonds. The highest BCUT2D eigenvalue weighted by Gasteiger charge is 2.34. The number of allylic oxidation sites excluding steroid dienone is 3. The van der Waals surface area contributed by atoms with Crippen LogP contribution in [-0.4, -0.2) is 25.7 Å². The third-order valence-corrected chi connectivity index (χ3v) is 7.52. The standard InChI is InChI=1S/C32H43N3.ClH/c1-20(2)25-16-28(21(3)4)31(29(17-25)22(5)6)30-13-11-12-26-18-34(19-35(26)30)32-23(7)14-27(33(9)10)15-24(32)8;/h11-18,20-22H,19H2,1-10H3;1H. The Balaban J connectivity index is 0.00000361. The number of nitrogens with one attached hydrogen (secondary N) is 1. The van der Waals surface area contributed by atoms with Crippen LogP contribution < -0.4 is 22.2 Å². The number of nitrogens with zero attached hydrogens (tertiary/aromatic N) is 2. The van der Waals surface area contributed by atoms with E-state index in [2.05, 4.69) is 128 Å². The molecule has 0 radical (unpaired) electrons. The van der Waals surface area contributed by atoms with Crippen LogP contribution in [0.5, 0.6) is 0 Å². The molecule has 2 aromatic carbocycles. The number of rotatable bonds is 6. The summed E-state index contributed by atoms with van der Waals surface area (Å²) in [6.45, 7) is 19.4. The first-order valence-corrected chi connectivity index (χ1v) is 13.2. The van der Waals surface area contributed by atoms with Gasteiger partial charge >= 0.3 is 0 Å². The van der Waals surface area contributed by atoms with Crippen molar-refractivity contribution in [3.8, 4) is 0 Å². The second-order valence-electron chi connectivity index (χ2n) is 11.5. The van der Waals surface area contributed by atoms with Crippen molar-refractivity contribution in [2.75, 3.05) is 25.7 Å². The SMILES string of the molecule is Cc1cc(N(C)C)cc(C)c1[NH+]1C=C2C=CC=C(c3c(C(C)C)cc(C(C)C)cc3C(C)C)N2C1.[Cl-]. The summed E-state index contributed by atoms with van der Waals surface area (Å²) in [5, 5.41) is 0. The summed E-state index contributed by atoms with van der Waals surface area (Å²) in [4.78, 5) is 6.14. The number of benzene rings is 2. The van der Waals surface area contributed by atoms with Gasteiger partial charge in [-0.3, -0.25) is 9.80 Å². The van der Waals surface area contributed by atoms with Crippen LogP contribution in [0.3, 0.4) is 0 Å². The fourth-order valence-electron chi connectivity index (χ4n) is 5.58. The van der Waals surface area contributed by atoms with Gasteiger partial charge < -0.3 is 17.3 Å². The van der Waals surface area contributed by atoms with Crippen LogP contribution in [0, 0.1) is 13.8 Å². The fraction of sp³-hybridized carbons (Fsp3) is 0.438. The lowest BCUT2D eigenvalue weighted by molar-refractivity contribution is -0.777. The van der Waals surface area contributed by atoms with Crippen LogP contribution in [-0.2, 0) is 0 Å². The molecule has 0 saturated heterocycles. The number of aryl methyl sites for hydroxylation is 2. The number of halogens is 1. The van der Waals surface area contributed by atoms with Crippen molar-refractivity contribution in [1.82, 2.24) is 4.90 Å². The van der Waals surface area contributed by atoms with Gasteiger partial charge in [-0.25, -0.2) is 0 Å². The lowest BCUT2D eigenvalue weighted by Gasteiger charge is -2.31. The number of hydrogen-bond acceptors (Lipinski definition) is 2. The van der Waals surface area contributed by atoms with Gasteiger partial charge in [-0.05, 0) is 72.6 Å². The molecule has 0 bridgehead atoms. The first-order chi connectivity index (χ1) is 16.5. The Bertz CT molecular complexity index is 1160. The summed E-state index contributed by atoms with van der Waals surface area (Å²) in [7, 11) is 4.23. The van der Waals surface area contributed by atoms with E-state index in [-0.39, 0.29) is 12.4 Å². The Morgan fingerprint density at radius 2 is 1.39 bits per heavy atom. The maximum atomic E-state index is 2.54. The molecule has 0 saturated carbocycles. The molecule has 4 rings (SSSR count). The second kappa shape index (κ2) is 10.9. The van der Waals surface area contributed by atoms with Crippen molar-refractivity contribution in [3.63, 3.8) is 0 Å². The van der Waals surface area contributed by atoms with Crippen LogP contribution in [0.15, 0.2) is 54.4 Å². The first kappa shape index (κ1) is 28.1. The van der Waals surface area contributed by atoms with Gasteiger partial charge in [-0.15, -0.1) is 0 Å². The van der Waals surface area contributed by atoms with Crippen LogP contribution in [0.25, 0.3) is 5.70 Å². The average Bonchev–Trinajstić information content (AvgIpc) is 3.21. The van der Waals surface area contributed by atoms with E-state index in [1.165, 1.54) is 61.0 Å². The molecule has 2 aliphatic rings. The molecule has 1 unspecified atom stereocenters. The summed E-state index contributed by atoms with van der Waals surface area (Å²) in [6, 6.07) is 9.56. The molecular formula is C32H44ClN3. The van der Waals surface area contributed by atoms with Gasteiger partial charge in [-0.2, -0.15) is 0 Å². The molecule has 0 aromatic heterocycles. The van der Waals surface area contributed by atoms with Gasteiger partial charge in [0, 0.05) is 36.5 Å². The molecule has 0 spiro atoms. The fourth-order valence-corrected chi connectivity index (χ4v) is 5.58. The smallest absolute Gasteiger partial charge is 0.166 e. The highest BCUT2D eigenvalue weighted by atomic mass is 35.5. The van der Waals surface area contributed by atoms with E-state index in [0.717, 1.165) is 6.67 Å².